The number of amides is 2. The van der Waals surface area contributed by atoms with Crippen molar-refractivity contribution in [1.82, 2.24) is 19.8 Å². The van der Waals surface area contributed by atoms with E-state index >= 15 is 0 Å². The van der Waals surface area contributed by atoms with Crippen LogP contribution in [0.1, 0.15) is 19.8 Å². The van der Waals surface area contributed by atoms with Crippen molar-refractivity contribution in [2.75, 3.05) is 13.1 Å². The highest BCUT2D eigenvalue weighted by Crippen LogP contribution is 2.24. The summed E-state index contributed by atoms with van der Waals surface area (Å²) in [5.74, 6) is -0.283. The highest BCUT2D eigenvalue weighted by atomic mass is 16.3. The van der Waals surface area contributed by atoms with Crippen LogP contribution in [0.2, 0.25) is 0 Å². The number of para-hydroxylation sites is 1. The smallest absolute Gasteiger partial charge is 0.297 e. The number of nitrogens with zero attached hydrogens (tertiary/aromatic N) is 3. The molecule has 4 rings (SSSR count). The van der Waals surface area contributed by atoms with E-state index in [-0.39, 0.29) is 35.5 Å². The summed E-state index contributed by atoms with van der Waals surface area (Å²) >= 11 is 0. The number of fused-ring (bicyclic) bond motifs is 3. The van der Waals surface area contributed by atoms with Crippen LogP contribution in [0.4, 0.5) is 0 Å². The summed E-state index contributed by atoms with van der Waals surface area (Å²) in [5, 5.41) is 3.63. The maximum absolute atomic E-state index is 12.7. The van der Waals surface area contributed by atoms with Crippen molar-refractivity contribution >= 4 is 33.9 Å². The molecule has 2 aromatic heterocycles. The van der Waals surface area contributed by atoms with E-state index < -0.39 is 0 Å². The lowest BCUT2D eigenvalue weighted by Crippen LogP contribution is -2.50. The van der Waals surface area contributed by atoms with Gasteiger partial charge in [0.15, 0.2) is 0 Å². The fourth-order valence-electron chi connectivity index (χ4n) is 3.58. The van der Waals surface area contributed by atoms with Gasteiger partial charge in [0.05, 0.1) is 6.33 Å². The third-order valence-electron chi connectivity index (χ3n) is 4.84. The van der Waals surface area contributed by atoms with Gasteiger partial charge in [0.1, 0.15) is 17.6 Å². The molecule has 3 heterocycles. The number of benzene rings is 1. The third kappa shape index (κ3) is 3.30. The first-order valence-corrected chi connectivity index (χ1v) is 8.94. The molecule has 1 aromatic carbocycles. The van der Waals surface area contributed by atoms with Gasteiger partial charge >= 0.3 is 0 Å². The summed E-state index contributed by atoms with van der Waals surface area (Å²) in [5.41, 5.74) is 0.875. The summed E-state index contributed by atoms with van der Waals surface area (Å²) < 4.78 is 6.92. The minimum absolute atomic E-state index is 0.0482. The molecule has 1 N–H and O–H groups in total. The molecule has 1 unspecified atom stereocenters. The van der Waals surface area contributed by atoms with E-state index in [4.69, 9.17) is 4.42 Å². The molecule has 0 radical (unpaired) electrons. The number of rotatable bonds is 3. The van der Waals surface area contributed by atoms with E-state index in [1.807, 2.05) is 18.2 Å². The molecule has 1 atom stereocenters. The van der Waals surface area contributed by atoms with Crippen LogP contribution in [-0.4, -0.2) is 45.4 Å². The third-order valence-corrected chi connectivity index (χ3v) is 4.84. The number of likely N-dealkylation sites (tertiary alicyclic amines) is 1. The van der Waals surface area contributed by atoms with Crippen LogP contribution in [0.3, 0.4) is 0 Å². The lowest BCUT2D eigenvalue weighted by atomic mass is 10.1. The van der Waals surface area contributed by atoms with Crippen LogP contribution < -0.4 is 10.9 Å². The van der Waals surface area contributed by atoms with Crippen molar-refractivity contribution in [3.8, 4) is 0 Å². The van der Waals surface area contributed by atoms with Gasteiger partial charge in [0.2, 0.25) is 17.4 Å². The van der Waals surface area contributed by atoms with Crippen molar-refractivity contribution in [2.45, 2.75) is 32.4 Å². The lowest BCUT2D eigenvalue weighted by molar-refractivity contribution is -0.134. The van der Waals surface area contributed by atoms with Crippen LogP contribution in [-0.2, 0) is 16.1 Å². The molecule has 1 fully saturated rings. The first-order chi connectivity index (χ1) is 13.0. The maximum atomic E-state index is 12.7. The topological polar surface area (TPSA) is 97.4 Å². The Morgan fingerprint density at radius 2 is 2.15 bits per heavy atom. The average Bonchev–Trinajstić information content (AvgIpc) is 3.03. The molecule has 1 aliphatic rings. The number of furan rings is 1. The van der Waals surface area contributed by atoms with Gasteiger partial charge in [-0.05, 0) is 25.0 Å². The van der Waals surface area contributed by atoms with Crippen molar-refractivity contribution in [1.29, 1.82) is 0 Å². The monoisotopic (exact) mass is 368 g/mol. The van der Waals surface area contributed by atoms with E-state index in [9.17, 15) is 14.4 Å². The van der Waals surface area contributed by atoms with Gasteiger partial charge in [-0.15, -0.1) is 0 Å². The Morgan fingerprint density at radius 3 is 2.96 bits per heavy atom. The number of hydrogen-bond acceptors (Lipinski definition) is 5. The van der Waals surface area contributed by atoms with Crippen LogP contribution in [0.5, 0.6) is 0 Å². The van der Waals surface area contributed by atoms with E-state index in [0.29, 0.717) is 24.2 Å². The lowest BCUT2D eigenvalue weighted by Gasteiger charge is -2.33. The zero-order valence-corrected chi connectivity index (χ0v) is 15.0. The van der Waals surface area contributed by atoms with Crippen LogP contribution in [0.25, 0.3) is 22.1 Å². The quantitative estimate of drug-likeness (QED) is 0.751. The second-order valence-corrected chi connectivity index (χ2v) is 6.83. The highest BCUT2D eigenvalue weighted by Gasteiger charge is 2.25. The Bertz CT molecular complexity index is 1080. The molecule has 1 aliphatic heterocycles. The Kier molecular flexibility index (Phi) is 4.39. The van der Waals surface area contributed by atoms with Crippen LogP contribution >= 0.6 is 0 Å². The van der Waals surface area contributed by atoms with Crippen molar-refractivity contribution in [3.63, 3.8) is 0 Å². The molecule has 0 spiro atoms. The van der Waals surface area contributed by atoms with Gasteiger partial charge in [-0.25, -0.2) is 4.98 Å². The molecule has 8 nitrogen and oxygen atoms in total. The molecular weight excluding hydrogens is 348 g/mol. The van der Waals surface area contributed by atoms with Crippen LogP contribution in [0.15, 0.2) is 39.8 Å². The standard InChI is InChI=1S/C19H20N4O4/c1-12(24)21-13-5-4-8-22(9-13)16(25)10-23-11-20-17-14-6-2-3-7-15(14)27-18(17)19(23)26/h2-3,6-7,11,13H,4-5,8-10H2,1H3,(H,21,24). The highest BCUT2D eigenvalue weighted by molar-refractivity contribution is 6.01. The van der Waals surface area contributed by atoms with Gasteiger partial charge in [-0.1, -0.05) is 12.1 Å². The summed E-state index contributed by atoms with van der Waals surface area (Å²) in [6.45, 7) is 2.43. The normalized spacial score (nSPS) is 17.4. The van der Waals surface area contributed by atoms with Gasteiger partial charge in [-0.3, -0.25) is 19.0 Å². The summed E-state index contributed by atoms with van der Waals surface area (Å²) in [7, 11) is 0. The molecule has 8 heteroatoms. The van der Waals surface area contributed by atoms with Crippen molar-refractivity contribution < 1.29 is 14.0 Å². The minimum Gasteiger partial charge on any atom is -0.448 e. The van der Waals surface area contributed by atoms with E-state index in [1.165, 1.54) is 17.8 Å². The Morgan fingerprint density at radius 1 is 1.33 bits per heavy atom. The van der Waals surface area contributed by atoms with E-state index in [1.54, 1.807) is 11.0 Å². The summed E-state index contributed by atoms with van der Waals surface area (Å²) in [6.07, 6.45) is 3.04. The Balaban J connectivity index is 1.57. The Hall–Kier alpha value is -3.16. The SMILES string of the molecule is CC(=O)NC1CCCN(C(=O)Cn2cnc3c(oc4ccccc43)c2=O)C1. The molecule has 27 heavy (non-hydrogen) atoms. The first-order valence-electron chi connectivity index (χ1n) is 8.94. The summed E-state index contributed by atoms with van der Waals surface area (Å²) in [4.78, 5) is 42.6. The molecule has 0 saturated carbocycles. The fourth-order valence-corrected chi connectivity index (χ4v) is 3.58. The van der Waals surface area contributed by atoms with E-state index in [0.717, 1.165) is 18.2 Å². The zero-order chi connectivity index (χ0) is 19.0. The number of carbonyl (C=O) groups is 2. The van der Waals surface area contributed by atoms with Gasteiger partial charge in [0.25, 0.3) is 5.56 Å². The molecule has 140 valence electrons. The number of nitrogens with one attached hydrogen (secondary N) is 1. The molecule has 1 saturated heterocycles. The first kappa shape index (κ1) is 17.3. The van der Waals surface area contributed by atoms with Gasteiger partial charge < -0.3 is 14.6 Å². The predicted molar refractivity (Wildman–Crippen MR) is 99.2 cm³/mol. The second-order valence-electron chi connectivity index (χ2n) is 6.83. The van der Waals surface area contributed by atoms with Crippen LogP contribution in [0, 0.1) is 0 Å². The largest absolute Gasteiger partial charge is 0.448 e. The number of aromatic nitrogens is 2. The second kappa shape index (κ2) is 6.86. The van der Waals surface area contributed by atoms with Crippen molar-refractivity contribution in [2.24, 2.45) is 0 Å². The zero-order valence-electron chi connectivity index (χ0n) is 15.0. The number of carbonyl (C=O) groups excluding carboxylic acids is 2. The molecule has 2 amide bonds. The molecule has 0 aliphatic carbocycles. The van der Waals surface area contributed by atoms with E-state index in [2.05, 4.69) is 10.3 Å². The molecular formula is C19H20N4O4. The van der Waals surface area contributed by atoms with Crippen molar-refractivity contribution in [3.05, 3.63) is 40.9 Å². The van der Waals surface area contributed by atoms with Gasteiger partial charge in [0, 0.05) is 31.4 Å². The average molecular weight is 368 g/mol. The predicted octanol–water partition coefficient (Wildman–Crippen LogP) is 1.27. The van der Waals surface area contributed by atoms with Gasteiger partial charge in [-0.2, -0.15) is 0 Å². The minimum atomic E-state index is -0.375. The summed E-state index contributed by atoms with van der Waals surface area (Å²) in [6, 6.07) is 7.26. The fraction of sp³-hybridized carbons (Fsp3) is 0.368. The molecule has 0 bridgehead atoms. The molecule has 3 aromatic rings. The number of piperidine rings is 1. The number of hydrogen-bond donors (Lipinski definition) is 1. The Labute approximate surface area is 154 Å². The maximum Gasteiger partial charge on any atom is 0.297 e.